The highest BCUT2D eigenvalue weighted by atomic mass is 19.2. The van der Waals surface area contributed by atoms with E-state index in [9.17, 15) is 18.8 Å². The van der Waals surface area contributed by atoms with E-state index in [1.807, 2.05) is 37.4 Å². The first-order chi connectivity index (χ1) is 19.3. The highest BCUT2D eigenvalue weighted by Gasteiger charge is 2.49. The van der Waals surface area contributed by atoms with Gasteiger partial charge in [0.2, 0.25) is 11.2 Å². The predicted octanol–water partition coefficient (Wildman–Crippen LogP) is 3.26. The fraction of sp³-hybridized carbons (Fsp3) is 0.379. The molecule has 0 radical (unpaired) electrons. The Morgan fingerprint density at radius 3 is 2.50 bits per heavy atom. The van der Waals surface area contributed by atoms with E-state index in [2.05, 4.69) is 10.00 Å². The normalized spacial score (nSPS) is 21.6. The summed E-state index contributed by atoms with van der Waals surface area (Å²) in [5, 5.41) is 4.35. The zero-order valence-corrected chi connectivity index (χ0v) is 22.0. The van der Waals surface area contributed by atoms with Crippen molar-refractivity contribution < 1.29 is 23.1 Å². The van der Waals surface area contributed by atoms with Crippen LogP contribution in [-0.4, -0.2) is 82.3 Å². The number of rotatable bonds is 4. The summed E-state index contributed by atoms with van der Waals surface area (Å²) in [6.07, 6.45) is 1.60. The van der Waals surface area contributed by atoms with Crippen LogP contribution in [-0.2, 0) is 0 Å². The highest BCUT2D eigenvalue weighted by molar-refractivity contribution is 5.97. The Balaban J connectivity index is 1.51. The van der Waals surface area contributed by atoms with Gasteiger partial charge in [-0.3, -0.25) is 9.59 Å². The van der Waals surface area contributed by atoms with Crippen LogP contribution in [0, 0.1) is 11.6 Å². The lowest BCUT2D eigenvalue weighted by Crippen LogP contribution is -2.52. The number of fused-ring (bicyclic) bond motifs is 2. The molecule has 0 bridgehead atoms. The lowest BCUT2D eigenvalue weighted by atomic mass is 9.79. The van der Waals surface area contributed by atoms with Crippen molar-refractivity contribution in [3.05, 3.63) is 93.4 Å². The summed E-state index contributed by atoms with van der Waals surface area (Å²) in [4.78, 5) is 45.2. The van der Waals surface area contributed by atoms with Gasteiger partial charge < -0.3 is 19.4 Å². The van der Waals surface area contributed by atoms with Crippen molar-refractivity contribution in [2.45, 2.75) is 30.8 Å². The summed E-state index contributed by atoms with van der Waals surface area (Å²) in [5.74, 6) is -3.60. The van der Waals surface area contributed by atoms with Crippen molar-refractivity contribution in [2.24, 2.45) is 0 Å². The third kappa shape index (κ3) is 4.43. The van der Waals surface area contributed by atoms with Gasteiger partial charge >= 0.3 is 6.09 Å². The Bertz CT molecular complexity index is 1510. The molecule has 9 nitrogen and oxygen atoms in total. The van der Waals surface area contributed by atoms with E-state index in [4.69, 9.17) is 4.74 Å². The molecular weight excluding hydrogens is 520 g/mol. The predicted molar refractivity (Wildman–Crippen MR) is 141 cm³/mol. The van der Waals surface area contributed by atoms with Crippen molar-refractivity contribution >= 4 is 12.0 Å². The molecule has 2 amide bonds. The second-order valence-corrected chi connectivity index (χ2v) is 10.5. The van der Waals surface area contributed by atoms with Gasteiger partial charge in [0.15, 0.2) is 17.3 Å². The molecule has 3 aliphatic rings. The lowest BCUT2D eigenvalue weighted by Gasteiger charge is -2.42. The number of ether oxygens (including phenoxy) is 1. The van der Waals surface area contributed by atoms with Gasteiger partial charge in [0.1, 0.15) is 0 Å². The molecular formula is C29H29F2N5O4. The Morgan fingerprint density at radius 1 is 1.00 bits per heavy atom. The smallest absolute Gasteiger partial charge is 0.403 e. The number of nitrogens with zero attached hydrogens (tertiary/aromatic N) is 5. The summed E-state index contributed by atoms with van der Waals surface area (Å²) in [6.45, 7) is 2.56. The molecule has 208 valence electrons. The summed E-state index contributed by atoms with van der Waals surface area (Å²) in [6, 6.07) is 12.0. The van der Waals surface area contributed by atoms with Crippen LogP contribution < -0.4 is 10.2 Å². The van der Waals surface area contributed by atoms with E-state index in [0.717, 1.165) is 12.3 Å². The number of aromatic nitrogens is 2. The molecule has 3 atom stereocenters. The maximum Gasteiger partial charge on any atom is 0.415 e. The monoisotopic (exact) mass is 549 g/mol. The van der Waals surface area contributed by atoms with Crippen LogP contribution in [0.5, 0.6) is 5.75 Å². The number of piperazine rings is 1. The summed E-state index contributed by atoms with van der Waals surface area (Å²) < 4.78 is 37.0. The highest BCUT2D eigenvalue weighted by Crippen LogP contribution is 2.46. The molecule has 3 aliphatic heterocycles. The largest absolute Gasteiger partial charge is 0.415 e. The molecule has 2 aromatic carbocycles. The van der Waals surface area contributed by atoms with Crippen LogP contribution >= 0.6 is 0 Å². The van der Waals surface area contributed by atoms with E-state index < -0.39 is 52.8 Å². The topological polar surface area (TPSA) is 88.0 Å². The molecule has 40 heavy (non-hydrogen) atoms. The first-order valence-electron chi connectivity index (χ1n) is 13.4. The van der Waals surface area contributed by atoms with Gasteiger partial charge in [-0.15, -0.1) is 0 Å². The molecule has 2 fully saturated rings. The fourth-order valence-corrected chi connectivity index (χ4v) is 6.16. The molecule has 0 unspecified atom stereocenters. The Morgan fingerprint density at radius 2 is 1.75 bits per heavy atom. The molecule has 4 heterocycles. The van der Waals surface area contributed by atoms with E-state index in [0.29, 0.717) is 51.1 Å². The minimum Gasteiger partial charge on any atom is -0.403 e. The molecule has 1 aromatic heterocycles. The molecule has 0 saturated carbocycles. The second-order valence-electron chi connectivity index (χ2n) is 10.5. The molecule has 0 aliphatic carbocycles. The van der Waals surface area contributed by atoms with Gasteiger partial charge in [-0.2, -0.15) is 5.10 Å². The quantitative estimate of drug-likeness (QED) is 0.497. The summed E-state index contributed by atoms with van der Waals surface area (Å²) in [5.41, 5.74) is -0.0528. The SMILES string of the molecule is CN1CCN(C(=O)Oc2c3n(ncc2=O)[C@@H]([C@H](c2ccccc2)c2cccc(F)c2F)[C@H]2CCCN2C3=O)CC1. The Labute approximate surface area is 229 Å². The van der Waals surface area contributed by atoms with Crippen LogP contribution in [0.15, 0.2) is 59.5 Å². The number of hydrogen-bond donors (Lipinski definition) is 0. The van der Waals surface area contributed by atoms with Gasteiger partial charge in [-0.25, -0.2) is 18.3 Å². The van der Waals surface area contributed by atoms with Crippen molar-refractivity contribution in [3.8, 4) is 5.75 Å². The lowest BCUT2D eigenvalue weighted by molar-refractivity contribution is 0.0561. The maximum atomic E-state index is 15.4. The van der Waals surface area contributed by atoms with Gasteiger partial charge in [-0.05, 0) is 31.5 Å². The van der Waals surface area contributed by atoms with Crippen LogP contribution in [0.3, 0.4) is 0 Å². The first-order valence-corrected chi connectivity index (χ1v) is 13.4. The van der Waals surface area contributed by atoms with Crippen LogP contribution in [0.4, 0.5) is 13.6 Å². The number of carbonyl (C=O) groups is 2. The number of halogens is 2. The van der Waals surface area contributed by atoms with Crippen LogP contribution in [0.1, 0.15) is 46.4 Å². The van der Waals surface area contributed by atoms with Crippen molar-refractivity contribution in [1.29, 1.82) is 0 Å². The Kier molecular flexibility index (Phi) is 6.83. The van der Waals surface area contributed by atoms with Gasteiger partial charge in [0, 0.05) is 44.2 Å². The van der Waals surface area contributed by atoms with Crippen LogP contribution in [0.2, 0.25) is 0 Å². The number of amides is 2. The van der Waals surface area contributed by atoms with E-state index in [-0.39, 0.29) is 11.3 Å². The average molecular weight is 550 g/mol. The standard InChI is InChI=1S/C29H29F2N5O4/c1-33-13-15-34(16-14-33)29(39)40-27-22(37)17-32-36-25(21-11-6-12-35(21)28(38)26(27)36)23(18-7-3-2-4-8-18)19-9-5-10-20(30)24(19)31/h2-5,7-10,17,21,23,25H,6,11-16H2,1H3/t21-,23-,25-/m1/s1. The molecule has 3 aromatic rings. The van der Waals surface area contributed by atoms with E-state index in [1.165, 1.54) is 21.7 Å². The zero-order valence-electron chi connectivity index (χ0n) is 22.0. The Hall–Kier alpha value is -4.12. The number of benzene rings is 2. The van der Waals surface area contributed by atoms with Gasteiger partial charge in [0.05, 0.1) is 18.3 Å². The van der Waals surface area contributed by atoms with E-state index in [1.54, 1.807) is 4.90 Å². The fourth-order valence-electron chi connectivity index (χ4n) is 6.16. The third-order valence-electron chi connectivity index (χ3n) is 8.17. The van der Waals surface area contributed by atoms with Crippen molar-refractivity contribution in [3.63, 3.8) is 0 Å². The van der Waals surface area contributed by atoms with Crippen molar-refractivity contribution in [1.82, 2.24) is 24.5 Å². The molecule has 2 saturated heterocycles. The summed E-state index contributed by atoms with van der Waals surface area (Å²) >= 11 is 0. The number of hydrogen-bond acceptors (Lipinski definition) is 6. The number of carbonyl (C=O) groups excluding carboxylic acids is 2. The van der Waals surface area contributed by atoms with Gasteiger partial charge in [0.25, 0.3) is 5.91 Å². The first kappa shape index (κ1) is 26.1. The third-order valence-corrected chi connectivity index (χ3v) is 8.17. The number of likely N-dealkylation sites (N-methyl/N-ethyl adjacent to an activating group) is 1. The van der Waals surface area contributed by atoms with Gasteiger partial charge in [-0.1, -0.05) is 42.5 Å². The van der Waals surface area contributed by atoms with Crippen LogP contribution in [0.25, 0.3) is 0 Å². The summed E-state index contributed by atoms with van der Waals surface area (Å²) in [7, 11) is 1.95. The van der Waals surface area contributed by atoms with Crippen molar-refractivity contribution in [2.75, 3.05) is 39.8 Å². The maximum absolute atomic E-state index is 15.4. The minimum absolute atomic E-state index is 0.111. The molecule has 6 rings (SSSR count). The minimum atomic E-state index is -0.984. The molecule has 0 N–H and O–H groups in total. The zero-order chi connectivity index (χ0) is 28.0. The molecule has 11 heteroatoms. The second kappa shape index (κ2) is 10.5. The molecule has 0 spiro atoms. The average Bonchev–Trinajstić information content (AvgIpc) is 3.45. The van der Waals surface area contributed by atoms with E-state index >= 15 is 4.39 Å².